The Balaban J connectivity index is 0.909. The highest BCUT2D eigenvalue weighted by atomic mass is 16.6. The highest BCUT2D eigenvalue weighted by Gasteiger charge is 2.38. The number of benzene rings is 6. The summed E-state index contributed by atoms with van der Waals surface area (Å²) in [5, 5.41) is 34.1. The number of fused-ring (bicyclic) bond motifs is 4. The first-order valence-corrected chi connectivity index (χ1v) is 17.4. The molecule has 0 radical (unpaired) electrons. The molecule has 6 aromatic rings. The second kappa shape index (κ2) is 13.1. The molecule has 2 N–H and O–H groups in total. The standard InChI is InChI=1S/C40H32N6O8/c1-21(43-37(47)29-7-3-5-27-31-17-25(45(51)52)11-9-23(31)15-33(35(27)29)39(43)49)19-41-13-14-42-20-22(2)44-38(48)30-8-4-6-28-32-18-26(46(53)54)12-10-24(32)16-34(36(28)30)40(44)50/h3-12,15-18,21-22,41-42H,13-14,19-20H2,1-2H3/t21-,22-/m0/s1. The summed E-state index contributed by atoms with van der Waals surface area (Å²) in [6, 6.07) is 21.6. The van der Waals surface area contributed by atoms with Crippen LogP contribution in [0.4, 0.5) is 11.4 Å². The molecule has 8 rings (SSSR count). The van der Waals surface area contributed by atoms with Crippen molar-refractivity contribution in [3.63, 3.8) is 0 Å². The highest BCUT2D eigenvalue weighted by molar-refractivity contribution is 6.31. The minimum absolute atomic E-state index is 0.0779. The number of nitro groups is 2. The second-order valence-corrected chi connectivity index (χ2v) is 13.7. The predicted molar refractivity (Wildman–Crippen MR) is 202 cm³/mol. The van der Waals surface area contributed by atoms with Crippen LogP contribution >= 0.6 is 0 Å². The van der Waals surface area contributed by atoms with Gasteiger partial charge >= 0.3 is 0 Å². The minimum Gasteiger partial charge on any atom is -0.313 e. The number of carbonyl (C=O) groups is 4. The van der Waals surface area contributed by atoms with Crippen molar-refractivity contribution in [3.8, 4) is 0 Å². The van der Waals surface area contributed by atoms with Gasteiger partial charge in [-0.05, 0) is 82.6 Å². The van der Waals surface area contributed by atoms with E-state index < -0.39 is 45.6 Å². The summed E-state index contributed by atoms with van der Waals surface area (Å²) in [7, 11) is 0. The molecule has 2 atom stereocenters. The number of rotatable bonds is 11. The predicted octanol–water partition coefficient (Wildman–Crippen LogP) is 5.96. The summed E-state index contributed by atoms with van der Waals surface area (Å²) in [5.41, 5.74) is 1.28. The summed E-state index contributed by atoms with van der Waals surface area (Å²) in [6.07, 6.45) is 0. The lowest BCUT2D eigenvalue weighted by Crippen LogP contribution is -2.51. The van der Waals surface area contributed by atoms with Gasteiger partial charge in [0, 0.05) is 95.6 Å². The average Bonchev–Trinajstić information content (AvgIpc) is 3.16. The number of hydrogen-bond donors (Lipinski definition) is 2. The first-order valence-electron chi connectivity index (χ1n) is 17.4. The van der Waals surface area contributed by atoms with E-state index in [0.717, 1.165) is 0 Å². The van der Waals surface area contributed by atoms with E-state index >= 15 is 0 Å². The smallest absolute Gasteiger partial charge is 0.270 e. The average molecular weight is 725 g/mol. The van der Waals surface area contributed by atoms with Crippen LogP contribution in [0, 0.1) is 20.2 Å². The van der Waals surface area contributed by atoms with E-state index in [1.165, 1.54) is 34.1 Å². The van der Waals surface area contributed by atoms with Gasteiger partial charge in [-0.15, -0.1) is 0 Å². The van der Waals surface area contributed by atoms with E-state index in [2.05, 4.69) is 10.6 Å². The zero-order valence-electron chi connectivity index (χ0n) is 29.1. The van der Waals surface area contributed by atoms with Gasteiger partial charge < -0.3 is 10.6 Å². The highest BCUT2D eigenvalue weighted by Crippen LogP contribution is 2.39. The molecule has 270 valence electrons. The Morgan fingerprint density at radius 2 is 0.926 bits per heavy atom. The summed E-state index contributed by atoms with van der Waals surface area (Å²) in [6.45, 7) is 5.10. The number of hydrogen-bond acceptors (Lipinski definition) is 10. The van der Waals surface area contributed by atoms with Crippen LogP contribution in [-0.4, -0.2) is 81.5 Å². The number of nitrogens with zero attached hydrogens (tertiary/aromatic N) is 4. The van der Waals surface area contributed by atoms with Crippen LogP contribution in [0.1, 0.15) is 55.3 Å². The molecule has 4 amide bonds. The Morgan fingerprint density at radius 1 is 0.537 bits per heavy atom. The van der Waals surface area contributed by atoms with Crippen LogP contribution in [0.2, 0.25) is 0 Å². The SMILES string of the molecule is C[C@@H](CNCCNC[C@H](C)N1C(=O)c2cccc3c2c(cc2ccc([N+](=O)[O-])cc23)C1=O)N1C(=O)c2cccc3c2c(cc2ccc([N+](=O)[O-])cc23)C1=O. The molecule has 0 saturated heterocycles. The molecule has 6 aromatic carbocycles. The minimum atomic E-state index is -0.506. The number of amides is 4. The van der Waals surface area contributed by atoms with Gasteiger partial charge in [0.25, 0.3) is 35.0 Å². The van der Waals surface area contributed by atoms with Gasteiger partial charge in [0.15, 0.2) is 0 Å². The van der Waals surface area contributed by atoms with Gasteiger partial charge in [-0.2, -0.15) is 0 Å². The molecule has 14 nitrogen and oxygen atoms in total. The zero-order valence-corrected chi connectivity index (χ0v) is 29.1. The van der Waals surface area contributed by atoms with Crippen LogP contribution in [-0.2, 0) is 0 Å². The lowest BCUT2D eigenvalue weighted by atomic mass is 9.89. The molecule has 0 aliphatic carbocycles. The maximum atomic E-state index is 13.8. The van der Waals surface area contributed by atoms with Crippen molar-refractivity contribution in [1.29, 1.82) is 0 Å². The van der Waals surface area contributed by atoms with E-state index in [1.54, 1.807) is 74.5 Å². The van der Waals surface area contributed by atoms with Gasteiger partial charge in [0.05, 0.1) is 9.85 Å². The van der Waals surface area contributed by atoms with E-state index in [9.17, 15) is 39.4 Å². The van der Waals surface area contributed by atoms with Gasteiger partial charge in [-0.25, -0.2) is 0 Å². The summed E-state index contributed by atoms with van der Waals surface area (Å²) < 4.78 is 0. The lowest BCUT2D eigenvalue weighted by Gasteiger charge is -2.33. The molecule has 14 heteroatoms. The van der Waals surface area contributed by atoms with Crippen LogP contribution < -0.4 is 10.6 Å². The number of carbonyl (C=O) groups excluding carboxylic acids is 4. The molecule has 0 fully saturated rings. The Kier molecular flexibility index (Phi) is 8.35. The summed E-state index contributed by atoms with van der Waals surface area (Å²) >= 11 is 0. The van der Waals surface area contributed by atoms with Crippen LogP contribution in [0.25, 0.3) is 43.1 Å². The summed E-state index contributed by atoms with van der Waals surface area (Å²) in [4.78, 5) is 79.4. The van der Waals surface area contributed by atoms with Crippen LogP contribution in [0.5, 0.6) is 0 Å². The zero-order chi connectivity index (χ0) is 38.0. The van der Waals surface area contributed by atoms with Crippen molar-refractivity contribution in [2.45, 2.75) is 25.9 Å². The molecular weight excluding hydrogens is 692 g/mol. The normalized spacial score (nSPS) is 15.1. The van der Waals surface area contributed by atoms with Crippen molar-refractivity contribution in [2.24, 2.45) is 0 Å². The molecule has 0 bridgehead atoms. The fraction of sp³-hybridized carbons (Fsp3) is 0.200. The molecule has 2 aliphatic rings. The maximum Gasteiger partial charge on any atom is 0.270 e. The van der Waals surface area contributed by atoms with Gasteiger partial charge in [-0.3, -0.25) is 49.2 Å². The fourth-order valence-corrected chi connectivity index (χ4v) is 7.80. The first-order chi connectivity index (χ1) is 26.0. The number of nitrogens with one attached hydrogen (secondary N) is 2. The van der Waals surface area contributed by atoms with E-state index in [-0.39, 0.29) is 11.4 Å². The molecule has 0 unspecified atom stereocenters. The van der Waals surface area contributed by atoms with E-state index in [0.29, 0.717) is 91.5 Å². The summed E-state index contributed by atoms with van der Waals surface area (Å²) in [5.74, 6) is -1.75. The Labute approximate surface area is 306 Å². The number of nitro benzene ring substituents is 2. The van der Waals surface area contributed by atoms with Crippen molar-refractivity contribution >= 4 is 78.1 Å². The molecular formula is C40H32N6O8. The third-order valence-corrected chi connectivity index (χ3v) is 10.4. The Morgan fingerprint density at radius 3 is 1.31 bits per heavy atom. The van der Waals surface area contributed by atoms with Crippen LogP contribution in [0.15, 0.2) is 84.9 Å². The molecule has 2 heterocycles. The number of non-ortho nitro benzene ring substituents is 2. The molecule has 0 saturated carbocycles. The van der Waals surface area contributed by atoms with Crippen molar-refractivity contribution < 1.29 is 29.0 Å². The van der Waals surface area contributed by atoms with Crippen molar-refractivity contribution in [1.82, 2.24) is 20.4 Å². The number of imide groups is 2. The Bertz CT molecular complexity index is 2490. The largest absolute Gasteiger partial charge is 0.313 e. The molecule has 54 heavy (non-hydrogen) atoms. The van der Waals surface area contributed by atoms with E-state index in [4.69, 9.17) is 0 Å². The molecule has 0 spiro atoms. The van der Waals surface area contributed by atoms with Gasteiger partial charge in [0.1, 0.15) is 0 Å². The van der Waals surface area contributed by atoms with Crippen LogP contribution in [0.3, 0.4) is 0 Å². The second-order valence-electron chi connectivity index (χ2n) is 13.7. The van der Waals surface area contributed by atoms with Crippen molar-refractivity contribution in [3.05, 3.63) is 127 Å². The van der Waals surface area contributed by atoms with E-state index in [1.807, 2.05) is 0 Å². The quantitative estimate of drug-likeness (QED) is 0.0531. The third-order valence-electron chi connectivity index (χ3n) is 10.4. The molecule has 2 aliphatic heterocycles. The molecule has 0 aromatic heterocycles. The van der Waals surface area contributed by atoms with Gasteiger partial charge in [0.2, 0.25) is 0 Å². The fourth-order valence-electron chi connectivity index (χ4n) is 7.80. The topological polar surface area (TPSA) is 185 Å². The maximum absolute atomic E-state index is 13.8. The lowest BCUT2D eigenvalue weighted by molar-refractivity contribution is -0.384. The van der Waals surface area contributed by atoms with Gasteiger partial charge in [-0.1, -0.05) is 24.3 Å². The van der Waals surface area contributed by atoms with Crippen molar-refractivity contribution in [2.75, 3.05) is 26.2 Å². The Hall–Kier alpha value is -6.64. The first kappa shape index (κ1) is 34.4. The third kappa shape index (κ3) is 5.42. The monoisotopic (exact) mass is 724 g/mol.